The van der Waals surface area contributed by atoms with Crippen molar-refractivity contribution in [3.8, 4) is 0 Å². The second-order valence-corrected chi connectivity index (χ2v) is 9.64. The van der Waals surface area contributed by atoms with Crippen LogP contribution in [0.3, 0.4) is 0 Å². The topological polar surface area (TPSA) is 37.3 Å². The van der Waals surface area contributed by atoms with Crippen molar-refractivity contribution in [2.24, 2.45) is 0 Å². The van der Waals surface area contributed by atoms with Gasteiger partial charge in [-0.25, -0.2) is 0 Å². The maximum atomic E-state index is 11.8. The van der Waals surface area contributed by atoms with E-state index in [1.54, 1.807) is 14.6 Å². The SMILES string of the molecule is O=C1C=CC=C2[C]([Zr+2][CH2]CCCO)=C3[SiH2]C3=C12.[Cl-].[Cl-]. The molecule has 2 aliphatic carbocycles. The number of hydrogen-bond donors (Lipinski definition) is 1. The molecule has 0 amide bonds. The average Bonchev–Trinajstić information content (AvgIpc) is 3.03. The Hall–Kier alpha value is 0.270. The largest absolute Gasteiger partial charge is 1.00 e. The first-order chi connectivity index (χ1) is 8.33. The molecule has 0 saturated carbocycles. The Labute approximate surface area is 139 Å². The zero-order chi connectivity index (χ0) is 11.8. The molecule has 1 fully saturated rings. The Balaban J connectivity index is 0.000000902. The van der Waals surface area contributed by atoms with Crippen molar-refractivity contribution in [2.75, 3.05) is 6.61 Å². The van der Waals surface area contributed by atoms with Gasteiger partial charge in [0.05, 0.1) is 0 Å². The summed E-state index contributed by atoms with van der Waals surface area (Å²) >= 11 is -0.512. The summed E-state index contributed by atoms with van der Waals surface area (Å²) in [5, 5.41) is 11.9. The molecule has 1 saturated heterocycles. The molecule has 0 bridgehead atoms. The monoisotopic (exact) mass is 390 g/mol. The third-order valence-corrected chi connectivity index (χ3v) is 9.77. The molecule has 1 heterocycles. The predicted octanol–water partition coefficient (Wildman–Crippen LogP) is -5.01. The van der Waals surface area contributed by atoms with Crippen molar-refractivity contribution in [2.45, 2.75) is 17.0 Å². The molecular weight excluding hydrogens is 378 g/mol. The molecule has 0 spiro atoms. The van der Waals surface area contributed by atoms with E-state index in [1.807, 2.05) is 6.08 Å². The molecule has 0 aromatic carbocycles. The number of carbonyl (C=O) groups excluding carboxylic acids is 1. The second kappa shape index (κ2) is 7.33. The summed E-state index contributed by atoms with van der Waals surface area (Å²) in [4.78, 5) is 11.8. The first-order valence-corrected chi connectivity index (χ1v) is 10.5. The molecule has 3 rings (SSSR count). The summed E-state index contributed by atoms with van der Waals surface area (Å²) in [6.45, 7) is 0.318. The van der Waals surface area contributed by atoms with Crippen LogP contribution >= 0.6 is 0 Å². The smallest absolute Gasteiger partial charge is 1.00 e. The van der Waals surface area contributed by atoms with Crippen molar-refractivity contribution >= 4 is 15.3 Å². The van der Waals surface area contributed by atoms with Gasteiger partial charge in [-0.3, -0.25) is 0 Å². The first kappa shape index (κ1) is 17.3. The van der Waals surface area contributed by atoms with E-state index < -0.39 is 23.2 Å². The molecule has 0 atom stereocenters. The summed E-state index contributed by atoms with van der Waals surface area (Å²) in [5.41, 5.74) is 2.36. The fourth-order valence-corrected chi connectivity index (χ4v) is 9.37. The number of carbonyl (C=O) groups is 1. The van der Waals surface area contributed by atoms with E-state index >= 15 is 0 Å². The van der Waals surface area contributed by atoms with E-state index in [0.29, 0.717) is 6.61 Å². The zero-order valence-corrected chi connectivity index (χ0v) is 15.8. The van der Waals surface area contributed by atoms with Gasteiger partial charge < -0.3 is 24.8 Å². The molecule has 1 aliphatic heterocycles. The minimum Gasteiger partial charge on any atom is -1.00 e. The van der Waals surface area contributed by atoms with Gasteiger partial charge in [0.25, 0.3) is 0 Å². The van der Waals surface area contributed by atoms with Crippen LogP contribution in [-0.4, -0.2) is 27.0 Å². The number of hydrogen-bond acceptors (Lipinski definition) is 2. The molecular formula is C13H14Cl2O2SiZr. The third kappa shape index (κ3) is 3.30. The Kier molecular flexibility index (Phi) is 6.68. The molecule has 2 nitrogen and oxygen atoms in total. The van der Waals surface area contributed by atoms with E-state index in [4.69, 9.17) is 5.11 Å². The second-order valence-electron chi connectivity index (χ2n) is 4.55. The summed E-state index contributed by atoms with van der Waals surface area (Å²) in [7, 11) is -0.136. The van der Waals surface area contributed by atoms with E-state index in [1.165, 1.54) is 14.9 Å². The van der Waals surface area contributed by atoms with Gasteiger partial charge in [0.2, 0.25) is 0 Å². The van der Waals surface area contributed by atoms with E-state index in [9.17, 15) is 4.79 Å². The standard InChI is InChI=1S/C9H5OSi.C4H9O.2ClH.Zr/c10-6-3-1-2-5-4-7-9(11-7)8(5)6;1-2-3-4-5;;;/h1-3H,11H2;5H,1-4H2;2*1H;/q;;;;+2/p-2. The Morgan fingerprint density at radius 2 is 2.00 bits per heavy atom. The molecule has 0 aromatic heterocycles. The van der Waals surface area contributed by atoms with Crippen LogP contribution in [0.2, 0.25) is 4.13 Å². The summed E-state index contributed by atoms with van der Waals surface area (Å²) in [6, 6.07) is 0. The minimum atomic E-state index is -0.512. The van der Waals surface area contributed by atoms with Gasteiger partial charge in [0, 0.05) is 0 Å². The van der Waals surface area contributed by atoms with Crippen molar-refractivity contribution in [1.29, 1.82) is 0 Å². The van der Waals surface area contributed by atoms with Gasteiger partial charge in [-0.15, -0.1) is 0 Å². The van der Waals surface area contributed by atoms with Crippen molar-refractivity contribution in [3.63, 3.8) is 0 Å². The van der Waals surface area contributed by atoms with Gasteiger partial charge in [-0.2, -0.15) is 0 Å². The van der Waals surface area contributed by atoms with Crippen LogP contribution < -0.4 is 24.8 Å². The van der Waals surface area contributed by atoms with Crippen LogP contribution in [0.25, 0.3) is 0 Å². The summed E-state index contributed by atoms with van der Waals surface area (Å²) in [6.07, 6.45) is 7.84. The van der Waals surface area contributed by atoms with Crippen LogP contribution in [0.4, 0.5) is 0 Å². The molecule has 0 unspecified atom stereocenters. The van der Waals surface area contributed by atoms with Crippen LogP contribution in [0, 0.1) is 0 Å². The van der Waals surface area contributed by atoms with Crippen molar-refractivity contribution in [3.05, 3.63) is 43.0 Å². The maximum absolute atomic E-state index is 11.8. The Morgan fingerprint density at radius 1 is 1.21 bits per heavy atom. The van der Waals surface area contributed by atoms with Crippen LogP contribution in [-0.2, 0) is 28.0 Å². The minimum absolute atomic E-state index is 0. The van der Waals surface area contributed by atoms with Crippen LogP contribution in [0.1, 0.15) is 12.8 Å². The fourth-order valence-electron chi connectivity index (χ4n) is 2.48. The van der Waals surface area contributed by atoms with Crippen molar-refractivity contribution < 1.29 is 58.0 Å². The fraction of sp³-hybridized carbons (Fsp3) is 0.308. The molecule has 6 heteroatoms. The van der Waals surface area contributed by atoms with Gasteiger partial charge in [-0.1, -0.05) is 0 Å². The van der Waals surface area contributed by atoms with E-state index in [-0.39, 0.29) is 40.1 Å². The van der Waals surface area contributed by atoms with Crippen LogP contribution in [0.5, 0.6) is 0 Å². The predicted molar refractivity (Wildman–Crippen MR) is 66.0 cm³/mol. The quantitative estimate of drug-likeness (QED) is 0.376. The van der Waals surface area contributed by atoms with Gasteiger partial charge >= 0.3 is 115 Å². The Morgan fingerprint density at radius 3 is 2.74 bits per heavy atom. The molecule has 100 valence electrons. The number of fused-ring (bicyclic) bond motifs is 2. The van der Waals surface area contributed by atoms with Crippen molar-refractivity contribution in [1.82, 2.24) is 0 Å². The molecule has 0 aromatic rings. The maximum Gasteiger partial charge on any atom is -1.00 e. The number of allylic oxidation sites excluding steroid dienone is 8. The van der Waals surface area contributed by atoms with Gasteiger partial charge in [0.1, 0.15) is 0 Å². The number of halogens is 2. The normalized spacial score (nSPS) is 19.4. The number of ketones is 1. The summed E-state index contributed by atoms with van der Waals surface area (Å²) in [5.74, 6) is 0.240. The first-order valence-electron chi connectivity index (χ1n) is 6.08. The van der Waals surface area contributed by atoms with Gasteiger partial charge in [-0.05, 0) is 0 Å². The zero-order valence-electron chi connectivity index (χ0n) is 10.4. The average molecular weight is 392 g/mol. The third-order valence-electron chi connectivity index (χ3n) is 3.38. The number of unbranched alkanes of at least 4 members (excludes halogenated alkanes) is 1. The molecule has 0 radical (unpaired) electrons. The van der Waals surface area contributed by atoms with Gasteiger partial charge in [0.15, 0.2) is 0 Å². The van der Waals surface area contributed by atoms with E-state index in [0.717, 1.165) is 18.4 Å². The number of rotatable bonds is 5. The number of aliphatic hydroxyl groups excluding tert-OH is 1. The van der Waals surface area contributed by atoms with E-state index in [2.05, 4.69) is 6.08 Å². The summed E-state index contributed by atoms with van der Waals surface area (Å²) < 4.78 is 2.92. The molecule has 1 N–H and O–H groups in total. The van der Waals surface area contributed by atoms with Crippen LogP contribution in [0.15, 0.2) is 43.0 Å². The number of aliphatic hydroxyl groups is 1. The molecule has 3 aliphatic rings. The molecule has 19 heavy (non-hydrogen) atoms. The Bertz CT molecular complexity index is 521.